The van der Waals surface area contributed by atoms with Crippen LogP contribution in [-0.4, -0.2) is 48.7 Å². The van der Waals surface area contributed by atoms with Gasteiger partial charge in [0.25, 0.3) is 0 Å². The zero-order chi connectivity index (χ0) is 25.7. The van der Waals surface area contributed by atoms with Gasteiger partial charge in [-0.3, -0.25) is 9.63 Å². The van der Waals surface area contributed by atoms with E-state index in [0.717, 1.165) is 50.3 Å². The van der Waals surface area contributed by atoms with Crippen molar-refractivity contribution in [1.82, 2.24) is 10.2 Å². The number of rotatable bonds is 5. The molecule has 200 valence electrons. The number of nitrogens with one attached hydrogen (secondary N) is 1. The SMILES string of the molecule is C/C(=N\OC(=O)N(C)CCC1NCCC1C)[C@H]1CC[C@H]2[C@@H]3CCC4=CC(=O)CC[C@]4(C)[C@H]3CC[C@]12C. The lowest BCUT2D eigenvalue weighted by atomic mass is 9.46. The standard InChI is InChI=1S/C30H47N3O3/c1-19-12-16-31-27(19)13-17-33(5)28(35)36-32-20(2)24-8-9-25-23-7-6-21-18-22(34)10-14-29(21,3)26(23)11-15-30(24,25)4/h18-19,23-27,31H,6-17H2,1-5H3/b32-20+/t19?,23-,24+,25-,26-,27?,29-,30+/m0/s1. The fraction of sp³-hybridized carbons (Fsp3) is 0.833. The van der Waals surface area contributed by atoms with Crippen LogP contribution < -0.4 is 5.32 Å². The van der Waals surface area contributed by atoms with Crippen molar-refractivity contribution < 1.29 is 14.4 Å². The predicted molar refractivity (Wildman–Crippen MR) is 143 cm³/mol. The Labute approximate surface area is 217 Å². The van der Waals surface area contributed by atoms with Gasteiger partial charge in [-0.2, -0.15) is 0 Å². The number of hydrogen-bond donors (Lipinski definition) is 1. The molecule has 4 fully saturated rings. The minimum absolute atomic E-state index is 0.214. The third-order valence-electron chi connectivity index (χ3n) is 11.5. The van der Waals surface area contributed by atoms with E-state index in [2.05, 4.69) is 38.2 Å². The molecule has 0 spiro atoms. The number of amides is 1. The van der Waals surface area contributed by atoms with Gasteiger partial charge in [0.15, 0.2) is 5.78 Å². The highest BCUT2D eigenvalue weighted by atomic mass is 16.7. The smallest absolute Gasteiger partial charge is 0.314 e. The van der Waals surface area contributed by atoms with E-state index in [4.69, 9.17) is 4.84 Å². The van der Waals surface area contributed by atoms with Gasteiger partial charge in [0.2, 0.25) is 0 Å². The number of ketones is 1. The Kier molecular flexibility index (Phi) is 7.12. The van der Waals surface area contributed by atoms with Crippen molar-refractivity contribution in [1.29, 1.82) is 0 Å². The summed E-state index contributed by atoms with van der Waals surface area (Å²) in [4.78, 5) is 31.9. The third-order valence-corrected chi connectivity index (χ3v) is 11.5. The Morgan fingerprint density at radius 3 is 2.69 bits per heavy atom. The second kappa shape index (κ2) is 9.89. The molecule has 36 heavy (non-hydrogen) atoms. The first-order valence-electron chi connectivity index (χ1n) is 14.6. The maximum atomic E-state index is 12.6. The lowest BCUT2D eigenvalue weighted by Gasteiger charge is -2.58. The molecule has 1 aliphatic heterocycles. The number of oxime groups is 1. The summed E-state index contributed by atoms with van der Waals surface area (Å²) in [5.74, 6) is 3.50. The molecule has 2 unspecified atom stereocenters. The van der Waals surface area contributed by atoms with Crippen LogP contribution >= 0.6 is 0 Å². The third kappa shape index (κ3) is 4.46. The molecule has 0 aromatic carbocycles. The summed E-state index contributed by atoms with van der Waals surface area (Å²) in [5.41, 5.74) is 2.85. The van der Waals surface area contributed by atoms with Gasteiger partial charge in [-0.25, -0.2) is 4.79 Å². The highest BCUT2D eigenvalue weighted by Gasteiger charge is 2.59. The summed E-state index contributed by atoms with van der Waals surface area (Å²) in [7, 11) is 1.81. The summed E-state index contributed by atoms with van der Waals surface area (Å²) >= 11 is 0. The van der Waals surface area contributed by atoms with Crippen LogP contribution in [0.3, 0.4) is 0 Å². The van der Waals surface area contributed by atoms with Crippen LogP contribution in [0.1, 0.15) is 91.9 Å². The molecule has 1 N–H and O–H groups in total. The molecule has 1 saturated heterocycles. The molecule has 8 atom stereocenters. The molecule has 1 amide bonds. The van der Waals surface area contributed by atoms with Gasteiger partial charge in [-0.05, 0) is 112 Å². The van der Waals surface area contributed by atoms with Gasteiger partial charge in [0.1, 0.15) is 0 Å². The molecule has 5 rings (SSSR count). The van der Waals surface area contributed by atoms with E-state index in [0.29, 0.717) is 42.0 Å². The molecule has 0 aromatic rings. The highest BCUT2D eigenvalue weighted by Crippen LogP contribution is 2.66. The minimum Gasteiger partial charge on any atom is -0.314 e. The number of allylic oxidation sites excluding steroid dienone is 1. The van der Waals surface area contributed by atoms with Crippen molar-refractivity contribution in [3.8, 4) is 0 Å². The van der Waals surface area contributed by atoms with Gasteiger partial charge in [0, 0.05) is 32.0 Å². The average molecular weight is 498 g/mol. The Hall–Kier alpha value is -1.69. The van der Waals surface area contributed by atoms with Crippen LogP contribution in [0.15, 0.2) is 16.8 Å². The highest BCUT2D eigenvalue weighted by molar-refractivity contribution is 5.91. The molecule has 6 heteroatoms. The largest absolute Gasteiger partial charge is 0.435 e. The number of carbonyl (C=O) groups is 2. The summed E-state index contributed by atoms with van der Waals surface area (Å²) < 4.78 is 0. The molecular formula is C30H47N3O3. The van der Waals surface area contributed by atoms with Crippen LogP contribution in [0.2, 0.25) is 0 Å². The number of hydrogen-bond acceptors (Lipinski definition) is 5. The number of fused-ring (bicyclic) bond motifs is 5. The maximum absolute atomic E-state index is 12.6. The van der Waals surface area contributed by atoms with Gasteiger partial charge >= 0.3 is 6.09 Å². The first kappa shape index (κ1) is 25.9. The molecule has 0 aromatic heterocycles. The van der Waals surface area contributed by atoms with Gasteiger partial charge in [-0.15, -0.1) is 0 Å². The molecule has 0 radical (unpaired) electrons. The van der Waals surface area contributed by atoms with E-state index >= 15 is 0 Å². The van der Waals surface area contributed by atoms with Crippen molar-refractivity contribution in [2.75, 3.05) is 20.1 Å². The zero-order valence-electron chi connectivity index (χ0n) is 23.1. The van der Waals surface area contributed by atoms with Crippen molar-refractivity contribution in [2.24, 2.45) is 45.6 Å². The lowest BCUT2D eigenvalue weighted by Crippen LogP contribution is -2.51. The fourth-order valence-corrected chi connectivity index (χ4v) is 9.20. The van der Waals surface area contributed by atoms with Gasteiger partial charge in [0.05, 0.1) is 5.71 Å². The summed E-state index contributed by atoms with van der Waals surface area (Å²) in [6, 6.07) is 0.485. The summed E-state index contributed by atoms with van der Waals surface area (Å²) in [6.07, 6.45) is 12.7. The van der Waals surface area contributed by atoms with E-state index in [1.165, 1.54) is 37.7 Å². The maximum Gasteiger partial charge on any atom is 0.435 e. The predicted octanol–water partition coefficient (Wildman–Crippen LogP) is 5.97. The first-order valence-corrected chi connectivity index (χ1v) is 14.6. The van der Waals surface area contributed by atoms with Crippen LogP contribution in [0, 0.1) is 40.4 Å². The topological polar surface area (TPSA) is 71.0 Å². The van der Waals surface area contributed by atoms with Gasteiger partial charge in [-0.1, -0.05) is 31.5 Å². The summed E-state index contributed by atoms with van der Waals surface area (Å²) in [6.45, 7) is 11.0. The molecule has 6 nitrogen and oxygen atoms in total. The van der Waals surface area contributed by atoms with E-state index in [-0.39, 0.29) is 16.9 Å². The molecular weight excluding hydrogens is 450 g/mol. The van der Waals surface area contributed by atoms with Crippen LogP contribution in [0.5, 0.6) is 0 Å². The normalized spacial score (nSPS) is 42.3. The van der Waals surface area contributed by atoms with Crippen molar-refractivity contribution >= 4 is 17.6 Å². The number of nitrogens with zero attached hydrogens (tertiary/aromatic N) is 2. The van der Waals surface area contributed by atoms with Crippen molar-refractivity contribution in [2.45, 2.75) is 97.9 Å². The monoisotopic (exact) mass is 497 g/mol. The van der Waals surface area contributed by atoms with Crippen molar-refractivity contribution in [3.63, 3.8) is 0 Å². The molecule has 0 bridgehead atoms. The Balaban J connectivity index is 1.21. The molecule has 3 saturated carbocycles. The van der Waals surface area contributed by atoms with Crippen LogP contribution in [-0.2, 0) is 9.63 Å². The second-order valence-corrected chi connectivity index (χ2v) is 13.3. The van der Waals surface area contributed by atoms with Gasteiger partial charge < -0.3 is 10.2 Å². The quantitative estimate of drug-likeness (QED) is 0.289. The molecule has 4 aliphatic carbocycles. The molecule has 5 aliphatic rings. The van der Waals surface area contributed by atoms with E-state index < -0.39 is 0 Å². The Bertz CT molecular complexity index is 944. The van der Waals surface area contributed by atoms with E-state index in [9.17, 15) is 9.59 Å². The van der Waals surface area contributed by atoms with E-state index in [1.54, 1.807) is 4.90 Å². The Morgan fingerprint density at radius 1 is 1.14 bits per heavy atom. The zero-order valence-corrected chi connectivity index (χ0v) is 23.1. The summed E-state index contributed by atoms with van der Waals surface area (Å²) in [5, 5.41) is 7.95. The minimum atomic E-state index is -0.352. The lowest BCUT2D eigenvalue weighted by molar-refractivity contribution is -0.117. The van der Waals surface area contributed by atoms with Crippen LogP contribution in [0.25, 0.3) is 0 Å². The van der Waals surface area contributed by atoms with E-state index in [1.807, 2.05) is 13.1 Å². The number of carbonyl (C=O) groups excluding carboxylic acids is 2. The van der Waals surface area contributed by atoms with Crippen molar-refractivity contribution in [3.05, 3.63) is 11.6 Å². The fourth-order valence-electron chi connectivity index (χ4n) is 9.20. The Morgan fingerprint density at radius 2 is 1.94 bits per heavy atom. The first-order chi connectivity index (χ1) is 17.1. The molecule has 1 heterocycles. The second-order valence-electron chi connectivity index (χ2n) is 13.3. The van der Waals surface area contributed by atoms with Crippen LogP contribution in [0.4, 0.5) is 4.79 Å². The average Bonchev–Trinajstić information content (AvgIpc) is 3.43.